The predicted octanol–water partition coefficient (Wildman–Crippen LogP) is 3.45. The molecule has 0 saturated carbocycles. The fourth-order valence-electron chi connectivity index (χ4n) is 2.97. The molecule has 0 saturated heterocycles. The summed E-state index contributed by atoms with van der Waals surface area (Å²) in [5.41, 5.74) is 6.55. The number of nitrogens with zero attached hydrogens (tertiary/aromatic N) is 2. The Morgan fingerprint density at radius 3 is 2.57 bits per heavy atom. The van der Waals surface area contributed by atoms with Crippen LogP contribution in [-0.4, -0.2) is 16.7 Å². The molecular formula is C18H21N3. The number of fused-ring (bicyclic) bond motifs is 1. The summed E-state index contributed by atoms with van der Waals surface area (Å²) in [5.74, 6) is 0. The molecule has 1 atom stereocenters. The Morgan fingerprint density at radius 1 is 1.10 bits per heavy atom. The second kappa shape index (κ2) is 5.70. The zero-order chi connectivity index (χ0) is 14.8. The van der Waals surface area contributed by atoms with Gasteiger partial charge in [0.1, 0.15) is 0 Å². The molecule has 3 nitrogen and oxygen atoms in total. The quantitative estimate of drug-likeness (QED) is 0.792. The molecule has 2 aromatic heterocycles. The minimum absolute atomic E-state index is 0.268. The van der Waals surface area contributed by atoms with Crippen molar-refractivity contribution in [2.45, 2.75) is 26.3 Å². The lowest BCUT2D eigenvalue weighted by molar-refractivity contribution is 0.593. The number of nitrogens with one attached hydrogen (secondary N) is 1. The average Bonchev–Trinajstić information content (AvgIpc) is 2.91. The van der Waals surface area contributed by atoms with Crippen LogP contribution in [0.15, 0.2) is 48.8 Å². The van der Waals surface area contributed by atoms with Gasteiger partial charge in [-0.2, -0.15) is 5.10 Å². The standard InChI is InChI=1S/C18H21N3/c1-13-7-6-8-14(2)15(13)11-17(19-3)16-12-20-21-10-5-4-9-18(16)21/h4-10,12,17,19H,11H2,1-3H3. The first-order chi connectivity index (χ1) is 10.2. The summed E-state index contributed by atoms with van der Waals surface area (Å²) in [6, 6.07) is 13.0. The molecule has 3 rings (SSSR count). The lowest BCUT2D eigenvalue weighted by Gasteiger charge is -2.18. The zero-order valence-corrected chi connectivity index (χ0v) is 12.8. The van der Waals surface area contributed by atoms with E-state index in [0.717, 1.165) is 6.42 Å². The molecule has 0 bridgehead atoms. The van der Waals surface area contributed by atoms with Gasteiger partial charge in [-0.3, -0.25) is 0 Å². The lowest BCUT2D eigenvalue weighted by atomic mass is 9.93. The van der Waals surface area contributed by atoms with Crippen molar-refractivity contribution in [1.82, 2.24) is 14.9 Å². The Bertz CT molecular complexity index is 738. The fourth-order valence-corrected chi connectivity index (χ4v) is 2.97. The van der Waals surface area contributed by atoms with Crippen LogP contribution in [0.2, 0.25) is 0 Å². The molecule has 1 unspecified atom stereocenters. The van der Waals surface area contributed by atoms with Gasteiger partial charge in [0, 0.05) is 17.8 Å². The number of likely N-dealkylation sites (N-methyl/N-ethyl adjacent to an activating group) is 1. The monoisotopic (exact) mass is 279 g/mol. The van der Waals surface area contributed by atoms with Gasteiger partial charge in [-0.1, -0.05) is 24.3 Å². The van der Waals surface area contributed by atoms with Crippen LogP contribution in [0.5, 0.6) is 0 Å². The number of benzene rings is 1. The maximum absolute atomic E-state index is 4.45. The summed E-state index contributed by atoms with van der Waals surface area (Å²) in [5, 5.41) is 7.90. The highest BCUT2D eigenvalue weighted by molar-refractivity contribution is 5.55. The van der Waals surface area contributed by atoms with Crippen LogP contribution in [0.4, 0.5) is 0 Å². The largest absolute Gasteiger partial charge is 0.313 e. The Hall–Kier alpha value is -2.13. The van der Waals surface area contributed by atoms with Crippen LogP contribution in [0, 0.1) is 13.8 Å². The van der Waals surface area contributed by atoms with E-state index in [2.05, 4.69) is 54.6 Å². The third-order valence-electron chi connectivity index (χ3n) is 4.23. The number of rotatable bonds is 4. The van der Waals surface area contributed by atoms with Crippen LogP contribution in [-0.2, 0) is 6.42 Å². The molecular weight excluding hydrogens is 258 g/mol. The van der Waals surface area contributed by atoms with E-state index < -0.39 is 0 Å². The Balaban J connectivity index is 1.99. The van der Waals surface area contributed by atoms with Gasteiger partial charge in [-0.25, -0.2) is 4.52 Å². The van der Waals surface area contributed by atoms with Gasteiger partial charge in [0.2, 0.25) is 0 Å². The molecule has 108 valence electrons. The maximum atomic E-state index is 4.45. The van der Waals surface area contributed by atoms with E-state index >= 15 is 0 Å². The minimum Gasteiger partial charge on any atom is -0.313 e. The smallest absolute Gasteiger partial charge is 0.0709 e. The molecule has 0 spiro atoms. The highest BCUT2D eigenvalue weighted by Crippen LogP contribution is 2.25. The molecule has 0 aliphatic carbocycles. The molecule has 3 heteroatoms. The molecule has 3 aromatic rings. The normalized spacial score (nSPS) is 12.7. The maximum Gasteiger partial charge on any atom is 0.0709 e. The molecule has 0 aliphatic heterocycles. The first kappa shape index (κ1) is 13.8. The van der Waals surface area contributed by atoms with Crippen LogP contribution in [0.25, 0.3) is 5.52 Å². The van der Waals surface area contributed by atoms with Crippen molar-refractivity contribution in [3.63, 3.8) is 0 Å². The van der Waals surface area contributed by atoms with Gasteiger partial charge in [0.25, 0.3) is 0 Å². The lowest BCUT2D eigenvalue weighted by Crippen LogP contribution is -2.19. The van der Waals surface area contributed by atoms with Crippen LogP contribution in [0.3, 0.4) is 0 Å². The fraction of sp³-hybridized carbons (Fsp3) is 0.278. The van der Waals surface area contributed by atoms with E-state index in [1.165, 1.54) is 27.8 Å². The number of aryl methyl sites for hydroxylation is 2. The third kappa shape index (κ3) is 2.57. The molecule has 1 aromatic carbocycles. The second-order valence-corrected chi connectivity index (χ2v) is 5.55. The average molecular weight is 279 g/mol. The van der Waals surface area contributed by atoms with Gasteiger partial charge < -0.3 is 5.32 Å². The number of hydrogen-bond acceptors (Lipinski definition) is 2. The van der Waals surface area contributed by atoms with Gasteiger partial charge in [0.15, 0.2) is 0 Å². The van der Waals surface area contributed by atoms with E-state index in [-0.39, 0.29) is 6.04 Å². The zero-order valence-electron chi connectivity index (χ0n) is 12.8. The SMILES string of the molecule is CNC(Cc1c(C)cccc1C)c1cnn2ccccc12. The van der Waals surface area contributed by atoms with Gasteiger partial charge >= 0.3 is 0 Å². The summed E-state index contributed by atoms with van der Waals surface area (Å²) in [4.78, 5) is 0. The number of hydrogen-bond donors (Lipinski definition) is 1. The summed E-state index contributed by atoms with van der Waals surface area (Å²) in [7, 11) is 2.02. The topological polar surface area (TPSA) is 29.3 Å². The molecule has 0 amide bonds. The van der Waals surface area contributed by atoms with Crippen molar-refractivity contribution in [2.75, 3.05) is 7.05 Å². The summed E-state index contributed by atoms with van der Waals surface area (Å²) in [6.07, 6.45) is 4.94. The van der Waals surface area contributed by atoms with Gasteiger partial charge in [-0.05, 0) is 56.1 Å². The van der Waals surface area contributed by atoms with Crippen LogP contribution >= 0.6 is 0 Å². The van der Waals surface area contributed by atoms with Crippen LogP contribution in [0.1, 0.15) is 28.3 Å². The first-order valence-electron chi connectivity index (χ1n) is 7.35. The predicted molar refractivity (Wildman–Crippen MR) is 86.6 cm³/mol. The van der Waals surface area contributed by atoms with Crippen molar-refractivity contribution in [1.29, 1.82) is 0 Å². The first-order valence-corrected chi connectivity index (χ1v) is 7.35. The van der Waals surface area contributed by atoms with E-state index in [1.807, 2.05) is 30.0 Å². The van der Waals surface area contributed by atoms with E-state index in [4.69, 9.17) is 0 Å². The Kier molecular flexibility index (Phi) is 3.76. The molecule has 0 radical (unpaired) electrons. The number of aromatic nitrogens is 2. The van der Waals surface area contributed by atoms with Crippen LogP contribution < -0.4 is 5.32 Å². The van der Waals surface area contributed by atoms with E-state index in [0.29, 0.717) is 0 Å². The summed E-state index contributed by atoms with van der Waals surface area (Å²) < 4.78 is 1.93. The van der Waals surface area contributed by atoms with Crippen molar-refractivity contribution >= 4 is 5.52 Å². The van der Waals surface area contributed by atoms with E-state index in [1.54, 1.807) is 0 Å². The highest BCUT2D eigenvalue weighted by Gasteiger charge is 2.17. The Labute approximate surface area is 125 Å². The second-order valence-electron chi connectivity index (χ2n) is 5.55. The molecule has 0 aliphatic rings. The molecule has 1 N–H and O–H groups in total. The van der Waals surface area contributed by atoms with Crippen molar-refractivity contribution in [2.24, 2.45) is 0 Å². The molecule has 2 heterocycles. The van der Waals surface area contributed by atoms with Crippen molar-refractivity contribution < 1.29 is 0 Å². The van der Waals surface area contributed by atoms with Gasteiger partial charge in [0.05, 0.1) is 11.7 Å². The van der Waals surface area contributed by atoms with E-state index in [9.17, 15) is 0 Å². The third-order valence-corrected chi connectivity index (χ3v) is 4.23. The molecule has 21 heavy (non-hydrogen) atoms. The number of pyridine rings is 1. The summed E-state index contributed by atoms with van der Waals surface area (Å²) in [6.45, 7) is 4.37. The van der Waals surface area contributed by atoms with Crippen molar-refractivity contribution in [3.05, 3.63) is 71.0 Å². The van der Waals surface area contributed by atoms with Crippen molar-refractivity contribution in [3.8, 4) is 0 Å². The minimum atomic E-state index is 0.268. The molecule has 0 fully saturated rings. The Morgan fingerprint density at radius 2 is 1.86 bits per heavy atom. The van der Waals surface area contributed by atoms with Gasteiger partial charge in [-0.15, -0.1) is 0 Å². The highest BCUT2D eigenvalue weighted by atomic mass is 15.2. The summed E-state index contributed by atoms with van der Waals surface area (Å²) >= 11 is 0.